The number of halogens is 1. The first kappa shape index (κ1) is 16.3. The maximum absolute atomic E-state index is 13.9. The van der Waals surface area contributed by atoms with Crippen LogP contribution in [0, 0.1) is 11.7 Å². The Morgan fingerprint density at radius 3 is 2.57 bits per heavy atom. The van der Waals surface area contributed by atoms with Crippen LogP contribution in [0.1, 0.15) is 26.2 Å². The lowest BCUT2D eigenvalue weighted by atomic mass is 9.85. The molecule has 0 unspecified atom stereocenters. The van der Waals surface area contributed by atoms with Crippen molar-refractivity contribution in [3.63, 3.8) is 0 Å². The van der Waals surface area contributed by atoms with Crippen LogP contribution in [0.15, 0.2) is 48.1 Å². The molecule has 0 radical (unpaired) electrons. The lowest BCUT2D eigenvalue weighted by molar-refractivity contribution is 0.272. The van der Waals surface area contributed by atoms with Gasteiger partial charge in [-0.2, -0.15) is 0 Å². The third kappa shape index (κ3) is 4.03. The third-order valence-electron chi connectivity index (χ3n) is 5.19. The smallest absolute Gasteiger partial charge is 0.146 e. The summed E-state index contributed by atoms with van der Waals surface area (Å²) in [5.41, 5.74) is 3.63. The van der Waals surface area contributed by atoms with Crippen LogP contribution in [0.4, 0.5) is 10.1 Å². The number of anilines is 1. The quantitative estimate of drug-likeness (QED) is 0.767. The van der Waals surface area contributed by atoms with Gasteiger partial charge in [-0.1, -0.05) is 35.9 Å². The lowest BCUT2D eigenvalue weighted by Crippen LogP contribution is -2.47. The van der Waals surface area contributed by atoms with Crippen LogP contribution in [0.3, 0.4) is 0 Å². The summed E-state index contributed by atoms with van der Waals surface area (Å²) in [6, 6.07) is 7.09. The SMILES string of the molecule is C=C(C)[C@H]1CC=C(CN2CCN(c3ccccc3F)CC2)CC1. The van der Waals surface area contributed by atoms with Gasteiger partial charge in [-0.3, -0.25) is 4.90 Å². The summed E-state index contributed by atoms with van der Waals surface area (Å²) in [5, 5.41) is 0. The summed E-state index contributed by atoms with van der Waals surface area (Å²) in [6.07, 6.45) is 6.02. The Kier molecular flexibility index (Phi) is 5.16. The summed E-state index contributed by atoms with van der Waals surface area (Å²) < 4.78 is 13.9. The molecule has 1 saturated heterocycles. The monoisotopic (exact) mass is 314 g/mol. The van der Waals surface area contributed by atoms with E-state index in [0.29, 0.717) is 5.92 Å². The third-order valence-corrected chi connectivity index (χ3v) is 5.19. The molecule has 23 heavy (non-hydrogen) atoms. The fourth-order valence-electron chi connectivity index (χ4n) is 3.62. The van der Waals surface area contributed by atoms with Gasteiger partial charge in [0.2, 0.25) is 0 Å². The number of piperazine rings is 1. The molecule has 3 heteroatoms. The number of rotatable bonds is 4. The fraction of sp³-hybridized carbons (Fsp3) is 0.500. The predicted molar refractivity (Wildman–Crippen MR) is 95.3 cm³/mol. The van der Waals surface area contributed by atoms with E-state index in [1.54, 1.807) is 17.7 Å². The van der Waals surface area contributed by atoms with Crippen molar-refractivity contribution in [1.29, 1.82) is 0 Å². The minimum atomic E-state index is -0.109. The maximum Gasteiger partial charge on any atom is 0.146 e. The Morgan fingerprint density at radius 1 is 1.22 bits per heavy atom. The second-order valence-corrected chi connectivity index (χ2v) is 6.89. The van der Waals surface area contributed by atoms with E-state index in [-0.39, 0.29) is 5.82 Å². The van der Waals surface area contributed by atoms with Crippen LogP contribution in [-0.4, -0.2) is 37.6 Å². The Hall–Kier alpha value is -1.61. The van der Waals surface area contributed by atoms with Crippen LogP contribution < -0.4 is 4.90 Å². The molecule has 0 amide bonds. The molecule has 0 aromatic heterocycles. The molecule has 1 fully saturated rings. The first-order valence-electron chi connectivity index (χ1n) is 8.68. The van der Waals surface area contributed by atoms with Gasteiger partial charge in [0.25, 0.3) is 0 Å². The molecule has 0 bridgehead atoms. The van der Waals surface area contributed by atoms with Gasteiger partial charge in [0, 0.05) is 32.7 Å². The second kappa shape index (κ2) is 7.31. The summed E-state index contributed by atoms with van der Waals surface area (Å²) in [4.78, 5) is 4.67. The molecule has 1 atom stereocenters. The highest BCUT2D eigenvalue weighted by Gasteiger charge is 2.21. The van der Waals surface area contributed by atoms with Gasteiger partial charge in [-0.05, 0) is 44.2 Å². The van der Waals surface area contributed by atoms with E-state index in [0.717, 1.165) is 44.8 Å². The molecule has 1 heterocycles. The van der Waals surface area contributed by atoms with Gasteiger partial charge >= 0.3 is 0 Å². The van der Waals surface area contributed by atoms with Gasteiger partial charge in [0.15, 0.2) is 0 Å². The zero-order valence-corrected chi connectivity index (χ0v) is 14.1. The van der Waals surface area contributed by atoms with Crippen LogP contribution in [0.25, 0.3) is 0 Å². The molecule has 2 nitrogen and oxygen atoms in total. The highest BCUT2D eigenvalue weighted by Crippen LogP contribution is 2.29. The summed E-state index contributed by atoms with van der Waals surface area (Å²) in [7, 11) is 0. The maximum atomic E-state index is 13.9. The Labute approximate surface area is 139 Å². The van der Waals surface area contributed by atoms with Crippen LogP contribution in [0.2, 0.25) is 0 Å². The van der Waals surface area contributed by atoms with E-state index in [1.165, 1.54) is 18.4 Å². The highest BCUT2D eigenvalue weighted by molar-refractivity contribution is 5.48. The highest BCUT2D eigenvalue weighted by atomic mass is 19.1. The van der Waals surface area contributed by atoms with Crippen LogP contribution in [-0.2, 0) is 0 Å². The number of hydrogen-bond donors (Lipinski definition) is 0. The second-order valence-electron chi connectivity index (χ2n) is 6.89. The molecular weight excluding hydrogens is 287 g/mol. The van der Waals surface area contributed by atoms with E-state index in [4.69, 9.17) is 0 Å². The van der Waals surface area contributed by atoms with E-state index in [2.05, 4.69) is 29.4 Å². The zero-order valence-electron chi connectivity index (χ0n) is 14.1. The van der Waals surface area contributed by atoms with Crippen molar-refractivity contribution < 1.29 is 4.39 Å². The number of nitrogens with zero attached hydrogens (tertiary/aromatic N) is 2. The van der Waals surface area contributed by atoms with Gasteiger partial charge in [0.05, 0.1) is 5.69 Å². The molecular formula is C20H27FN2. The molecule has 124 valence electrons. The van der Waals surface area contributed by atoms with E-state index in [1.807, 2.05) is 12.1 Å². The Bertz CT molecular complexity index is 585. The van der Waals surface area contributed by atoms with Crippen molar-refractivity contribution in [1.82, 2.24) is 4.90 Å². The van der Waals surface area contributed by atoms with Gasteiger partial charge < -0.3 is 4.90 Å². The van der Waals surface area contributed by atoms with E-state index >= 15 is 0 Å². The van der Waals surface area contributed by atoms with Crippen LogP contribution >= 0.6 is 0 Å². The van der Waals surface area contributed by atoms with E-state index < -0.39 is 0 Å². The standard InChI is InChI=1S/C20H27FN2/c1-16(2)18-9-7-17(8-10-18)15-22-11-13-23(14-12-22)20-6-4-3-5-19(20)21/h3-7,18H,1,8-15H2,2H3/t18-/m0/s1. The molecule has 3 rings (SSSR count). The first-order chi connectivity index (χ1) is 11.1. The topological polar surface area (TPSA) is 6.48 Å². The average molecular weight is 314 g/mol. The van der Waals surface area contributed by atoms with Crippen LogP contribution in [0.5, 0.6) is 0 Å². The van der Waals surface area contributed by atoms with Crippen molar-refractivity contribution in [3.8, 4) is 0 Å². The molecule has 0 saturated carbocycles. The van der Waals surface area contributed by atoms with E-state index in [9.17, 15) is 4.39 Å². The van der Waals surface area contributed by atoms with Crippen molar-refractivity contribution >= 4 is 5.69 Å². The molecule has 1 aliphatic carbocycles. The lowest BCUT2D eigenvalue weighted by Gasteiger charge is -2.37. The molecule has 2 aliphatic rings. The molecule has 1 aromatic rings. The minimum Gasteiger partial charge on any atom is -0.367 e. The average Bonchev–Trinajstić information content (AvgIpc) is 2.57. The predicted octanol–water partition coefficient (Wildman–Crippen LogP) is 4.25. The van der Waals surface area contributed by atoms with Crippen molar-refractivity contribution in [2.75, 3.05) is 37.6 Å². The molecule has 1 aromatic carbocycles. The molecule has 1 aliphatic heterocycles. The van der Waals surface area contributed by atoms with Gasteiger partial charge in [0.1, 0.15) is 5.82 Å². The number of benzene rings is 1. The minimum absolute atomic E-state index is 0.109. The molecule has 0 N–H and O–H groups in total. The first-order valence-corrected chi connectivity index (χ1v) is 8.68. The number of hydrogen-bond acceptors (Lipinski definition) is 2. The number of para-hydroxylation sites is 1. The summed E-state index contributed by atoms with van der Waals surface area (Å²) in [6.45, 7) is 11.1. The summed E-state index contributed by atoms with van der Waals surface area (Å²) in [5.74, 6) is 0.568. The largest absolute Gasteiger partial charge is 0.367 e. The van der Waals surface area contributed by atoms with Crippen molar-refractivity contribution in [2.45, 2.75) is 26.2 Å². The Balaban J connectivity index is 1.50. The van der Waals surface area contributed by atoms with Crippen molar-refractivity contribution in [3.05, 3.63) is 53.9 Å². The number of allylic oxidation sites excluding steroid dienone is 2. The molecule has 0 spiro atoms. The summed E-state index contributed by atoms with van der Waals surface area (Å²) >= 11 is 0. The van der Waals surface area contributed by atoms with Gasteiger partial charge in [-0.25, -0.2) is 4.39 Å². The van der Waals surface area contributed by atoms with Crippen molar-refractivity contribution in [2.24, 2.45) is 5.92 Å². The fourth-order valence-corrected chi connectivity index (χ4v) is 3.62. The zero-order chi connectivity index (χ0) is 16.2. The van der Waals surface area contributed by atoms with Gasteiger partial charge in [-0.15, -0.1) is 0 Å². The Morgan fingerprint density at radius 2 is 1.96 bits per heavy atom. The normalized spacial score (nSPS) is 22.8.